The van der Waals surface area contributed by atoms with E-state index in [4.69, 9.17) is 0 Å². The maximum Gasteiger partial charge on any atom is 0.331 e. The van der Waals surface area contributed by atoms with Crippen LogP contribution in [-0.2, 0) is 10.3 Å². The van der Waals surface area contributed by atoms with Crippen LogP contribution in [0.1, 0.15) is 19.3 Å². The molecule has 0 spiro atoms. The molecule has 1 aliphatic rings. The second kappa shape index (κ2) is 4.62. The molecule has 0 amide bonds. The van der Waals surface area contributed by atoms with Gasteiger partial charge in [0.25, 0.3) is 0 Å². The molecule has 1 heterocycles. The number of nitrogens with zero attached hydrogens (tertiary/aromatic N) is 4. The van der Waals surface area contributed by atoms with Gasteiger partial charge in [0, 0.05) is 4.47 Å². The van der Waals surface area contributed by atoms with Gasteiger partial charge < -0.3 is 5.11 Å². The summed E-state index contributed by atoms with van der Waals surface area (Å²) in [7, 11) is 0. The number of hydrogen-bond donors (Lipinski definition) is 1. The smallest absolute Gasteiger partial charge is 0.331 e. The van der Waals surface area contributed by atoms with E-state index < -0.39 is 17.3 Å². The van der Waals surface area contributed by atoms with E-state index in [1.54, 1.807) is 12.1 Å². The first-order valence-electron chi connectivity index (χ1n) is 6.03. The number of carboxylic acid groups (broad SMARTS) is 1. The molecule has 104 valence electrons. The van der Waals surface area contributed by atoms with Gasteiger partial charge in [-0.15, -0.1) is 5.10 Å². The largest absolute Gasteiger partial charge is 0.479 e. The van der Waals surface area contributed by atoms with Gasteiger partial charge in [-0.1, -0.05) is 6.07 Å². The average Bonchev–Trinajstić information content (AvgIpc) is 2.76. The topological polar surface area (TPSA) is 80.9 Å². The van der Waals surface area contributed by atoms with Crippen LogP contribution in [-0.4, -0.2) is 31.3 Å². The van der Waals surface area contributed by atoms with Crippen molar-refractivity contribution in [2.45, 2.75) is 24.8 Å². The van der Waals surface area contributed by atoms with Gasteiger partial charge >= 0.3 is 5.97 Å². The van der Waals surface area contributed by atoms with Gasteiger partial charge in [0.2, 0.25) is 0 Å². The Kier molecular flexibility index (Phi) is 3.04. The molecular weight excluding hydrogens is 331 g/mol. The van der Waals surface area contributed by atoms with Crippen LogP contribution in [0.15, 0.2) is 22.7 Å². The Hall–Kier alpha value is -1.83. The number of hydrogen-bond acceptors (Lipinski definition) is 4. The fourth-order valence-corrected chi connectivity index (χ4v) is 2.89. The molecular formula is C12H10BrFN4O2. The van der Waals surface area contributed by atoms with Gasteiger partial charge in [0.15, 0.2) is 11.4 Å². The number of rotatable bonds is 3. The molecule has 0 aliphatic heterocycles. The summed E-state index contributed by atoms with van der Waals surface area (Å²) in [6.45, 7) is 0. The highest BCUT2D eigenvalue weighted by molar-refractivity contribution is 9.10. The van der Waals surface area contributed by atoms with E-state index in [-0.39, 0.29) is 11.4 Å². The molecule has 0 atom stereocenters. The van der Waals surface area contributed by atoms with E-state index in [0.29, 0.717) is 17.3 Å². The van der Waals surface area contributed by atoms with E-state index in [0.717, 1.165) is 6.42 Å². The monoisotopic (exact) mass is 340 g/mol. The van der Waals surface area contributed by atoms with E-state index in [2.05, 4.69) is 31.5 Å². The van der Waals surface area contributed by atoms with Gasteiger partial charge in [-0.3, -0.25) is 0 Å². The molecule has 1 fully saturated rings. The van der Waals surface area contributed by atoms with Crippen molar-refractivity contribution in [3.05, 3.63) is 28.5 Å². The lowest BCUT2D eigenvalue weighted by molar-refractivity contribution is -0.153. The molecule has 1 aromatic carbocycles. The zero-order valence-corrected chi connectivity index (χ0v) is 11.8. The molecule has 1 saturated carbocycles. The minimum atomic E-state index is -1.17. The number of aliphatic carboxylic acids is 1. The number of benzene rings is 1. The van der Waals surface area contributed by atoms with Crippen LogP contribution in [0.5, 0.6) is 0 Å². The summed E-state index contributed by atoms with van der Waals surface area (Å²) >= 11 is 3.25. The fourth-order valence-electron chi connectivity index (χ4n) is 2.37. The average molecular weight is 341 g/mol. The minimum absolute atomic E-state index is 0.122. The van der Waals surface area contributed by atoms with Crippen molar-refractivity contribution in [3.63, 3.8) is 0 Å². The Morgan fingerprint density at radius 3 is 2.75 bits per heavy atom. The Morgan fingerprint density at radius 1 is 1.45 bits per heavy atom. The molecule has 0 bridgehead atoms. The van der Waals surface area contributed by atoms with Crippen molar-refractivity contribution in [1.29, 1.82) is 0 Å². The molecule has 20 heavy (non-hydrogen) atoms. The summed E-state index contributed by atoms with van der Waals surface area (Å²) in [6, 6.07) is 4.49. The predicted octanol–water partition coefficient (Wildman–Crippen LogP) is 2.21. The zero-order chi connectivity index (χ0) is 14.3. The predicted molar refractivity (Wildman–Crippen MR) is 70.4 cm³/mol. The Balaban J connectivity index is 2.19. The second-order valence-corrected chi connectivity index (χ2v) is 5.56. The van der Waals surface area contributed by atoms with Crippen molar-refractivity contribution >= 4 is 21.9 Å². The number of carboxylic acids is 1. The number of halogens is 2. The molecule has 0 saturated heterocycles. The van der Waals surface area contributed by atoms with Crippen molar-refractivity contribution in [3.8, 4) is 11.4 Å². The highest BCUT2D eigenvalue weighted by Gasteiger charge is 2.49. The summed E-state index contributed by atoms with van der Waals surface area (Å²) < 4.78 is 15.7. The summed E-state index contributed by atoms with van der Waals surface area (Å²) in [5.41, 5.74) is -0.995. The van der Waals surface area contributed by atoms with Gasteiger partial charge in [-0.25, -0.2) is 13.9 Å². The van der Waals surface area contributed by atoms with Crippen LogP contribution >= 0.6 is 15.9 Å². The quantitative estimate of drug-likeness (QED) is 0.926. The van der Waals surface area contributed by atoms with Crippen LogP contribution in [0.4, 0.5) is 4.39 Å². The highest BCUT2D eigenvalue weighted by Crippen LogP contribution is 2.42. The summed E-state index contributed by atoms with van der Waals surface area (Å²) in [6.07, 6.45) is 1.66. The third-order valence-electron chi connectivity index (χ3n) is 3.64. The second-order valence-electron chi connectivity index (χ2n) is 4.70. The molecule has 3 rings (SSSR count). The first kappa shape index (κ1) is 13.2. The Labute approximate surface area is 121 Å². The number of carbonyl (C=O) groups is 1. The summed E-state index contributed by atoms with van der Waals surface area (Å²) in [4.78, 5) is 11.5. The normalized spacial score (nSPS) is 16.7. The van der Waals surface area contributed by atoms with Crippen molar-refractivity contribution < 1.29 is 14.3 Å². The summed E-state index contributed by atoms with van der Waals surface area (Å²) in [5.74, 6) is -1.38. The molecule has 1 N–H and O–H groups in total. The number of aromatic nitrogens is 4. The third kappa shape index (κ3) is 1.75. The molecule has 1 aliphatic carbocycles. The van der Waals surface area contributed by atoms with Crippen LogP contribution in [0.25, 0.3) is 11.4 Å². The molecule has 2 aromatic rings. The maximum absolute atomic E-state index is 14.0. The first-order valence-corrected chi connectivity index (χ1v) is 6.82. The van der Waals surface area contributed by atoms with Crippen LogP contribution in [0.2, 0.25) is 0 Å². The van der Waals surface area contributed by atoms with E-state index in [1.165, 1.54) is 10.7 Å². The molecule has 0 radical (unpaired) electrons. The standard InChI is InChI=1S/C12H10BrFN4O2/c13-7-3-1-4-8(14)9(7)10-15-16-17-18(10)12(11(19)20)5-2-6-12/h1,3-4H,2,5-6H2,(H,19,20). The Morgan fingerprint density at radius 2 is 2.20 bits per heavy atom. The maximum atomic E-state index is 14.0. The van der Waals surface area contributed by atoms with Gasteiger partial charge in [0.1, 0.15) is 5.82 Å². The molecule has 0 unspecified atom stereocenters. The van der Waals surface area contributed by atoms with Gasteiger partial charge in [-0.05, 0) is 57.8 Å². The van der Waals surface area contributed by atoms with Crippen LogP contribution in [0, 0.1) is 5.82 Å². The van der Waals surface area contributed by atoms with E-state index in [1.807, 2.05) is 0 Å². The number of tetrazole rings is 1. The first-order chi connectivity index (χ1) is 9.56. The molecule has 8 heteroatoms. The van der Waals surface area contributed by atoms with Crippen molar-refractivity contribution in [1.82, 2.24) is 20.2 Å². The van der Waals surface area contributed by atoms with Gasteiger partial charge in [0.05, 0.1) is 5.56 Å². The van der Waals surface area contributed by atoms with Crippen molar-refractivity contribution in [2.75, 3.05) is 0 Å². The van der Waals surface area contributed by atoms with Gasteiger partial charge in [-0.2, -0.15) is 0 Å². The lowest BCUT2D eigenvalue weighted by Crippen LogP contribution is -2.48. The fraction of sp³-hybridized carbons (Fsp3) is 0.333. The van der Waals surface area contributed by atoms with Crippen molar-refractivity contribution in [2.24, 2.45) is 0 Å². The van der Waals surface area contributed by atoms with Crippen LogP contribution < -0.4 is 0 Å². The molecule has 1 aromatic heterocycles. The Bertz CT molecular complexity index is 664. The molecule has 6 nitrogen and oxygen atoms in total. The lowest BCUT2D eigenvalue weighted by Gasteiger charge is -2.37. The lowest BCUT2D eigenvalue weighted by atomic mass is 9.76. The third-order valence-corrected chi connectivity index (χ3v) is 4.30. The SMILES string of the molecule is O=C(O)C1(n2nnnc2-c2c(F)cccc2Br)CCC1. The van der Waals surface area contributed by atoms with Crippen LogP contribution in [0.3, 0.4) is 0 Å². The highest BCUT2D eigenvalue weighted by atomic mass is 79.9. The van der Waals surface area contributed by atoms with E-state index in [9.17, 15) is 14.3 Å². The van der Waals surface area contributed by atoms with E-state index >= 15 is 0 Å². The minimum Gasteiger partial charge on any atom is -0.479 e. The zero-order valence-electron chi connectivity index (χ0n) is 10.3. The summed E-state index contributed by atoms with van der Waals surface area (Å²) in [5, 5.41) is 20.6.